The van der Waals surface area contributed by atoms with Crippen molar-refractivity contribution in [2.45, 2.75) is 74.3 Å². The van der Waals surface area contributed by atoms with Gasteiger partial charge in [-0.1, -0.05) is 77.0 Å². The predicted molar refractivity (Wildman–Crippen MR) is 141 cm³/mol. The standard InChI is InChI=1S/C17H18O4.C6H10.2C3H8/c1-11-10-14(19)6-9-16(11)21-17(12(2)18)13-4-7-15(20-3)8-5-13;1-3-5-6-4-2;2*1-3-2/h4-10,17,19H,1-3H3;3-6H,1-2H3;2*3H2,1-2H3/b;5-3-,6-4-;;. The second-order valence-corrected chi connectivity index (χ2v) is 7.30. The number of methoxy groups -OCH3 is 1. The van der Waals surface area contributed by atoms with Gasteiger partial charge in [0.2, 0.25) is 0 Å². The van der Waals surface area contributed by atoms with E-state index in [1.54, 1.807) is 43.5 Å². The number of hydrogen-bond donors (Lipinski definition) is 1. The van der Waals surface area contributed by atoms with E-state index in [1.807, 2.05) is 45.1 Å². The molecule has 0 spiro atoms. The maximum absolute atomic E-state index is 11.9. The highest BCUT2D eigenvalue weighted by molar-refractivity contribution is 5.82. The number of carbonyl (C=O) groups excluding carboxylic acids is 1. The van der Waals surface area contributed by atoms with E-state index >= 15 is 0 Å². The van der Waals surface area contributed by atoms with Crippen molar-refractivity contribution in [1.29, 1.82) is 0 Å². The Balaban J connectivity index is 0. The molecule has 184 valence electrons. The second-order valence-electron chi connectivity index (χ2n) is 7.30. The van der Waals surface area contributed by atoms with Crippen LogP contribution in [0.1, 0.15) is 78.5 Å². The van der Waals surface area contributed by atoms with E-state index in [-0.39, 0.29) is 11.5 Å². The first-order valence-electron chi connectivity index (χ1n) is 11.6. The fourth-order valence-electron chi connectivity index (χ4n) is 2.28. The van der Waals surface area contributed by atoms with Crippen molar-refractivity contribution in [3.05, 3.63) is 77.9 Å². The smallest absolute Gasteiger partial charge is 0.181 e. The van der Waals surface area contributed by atoms with Gasteiger partial charge in [-0.3, -0.25) is 4.79 Å². The first kappa shape index (κ1) is 32.2. The molecular weight excluding hydrogens is 412 g/mol. The minimum absolute atomic E-state index is 0.0901. The third kappa shape index (κ3) is 15.4. The maximum Gasteiger partial charge on any atom is 0.181 e. The van der Waals surface area contributed by atoms with Gasteiger partial charge in [-0.15, -0.1) is 0 Å². The molecule has 0 saturated heterocycles. The van der Waals surface area contributed by atoms with Crippen molar-refractivity contribution in [3.63, 3.8) is 0 Å². The van der Waals surface area contributed by atoms with Crippen molar-refractivity contribution >= 4 is 5.78 Å². The zero-order valence-electron chi connectivity index (χ0n) is 22.0. The Bertz CT molecular complexity index is 793. The zero-order valence-corrected chi connectivity index (χ0v) is 22.0. The maximum atomic E-state index is 11.9. The number of phenolic OH excluding ortho intramolecular Hbond substituents is 1. The third-order valence-corrected chi connectivity index (χ3v) is 3.69. The van der Waals surface area contributed by atoms with Crippen LogP contribution in [0, 0.1) is 6.92 Å². The highest BCUT2D eigenvalue weighted by atomic mass is 16.5. The van der Waals surface area contributed by atoms with Gasteiger partial charge in [-0.25, -0.2) is 0 Å². The Morgan fingerprint density at radius 2 is 1.42 bits per heavy atom. The first-order valence-corrected chi connectivity index (χ1v) is 11.6. The van der Waals surface area contributed by atoms with E-state index in [0.29, 0.717) is 5.75 Å². The predicted octanol–water partition coefficient (Wildman–Crippen LogP) is 8.39. The Labute approximate surface area is 202 Å². The molecular formula is C29H44O4. The molecule has 0 saturated carbocycles. The topological polar surface area (TPSA) is 55.8 Å². The van der Waals surface area contributed by atoms with Crippen LogP contribution in [0.3, 0.4) is 0 Å². The highest BCUT2D eigenvalue weighted by Crippen LogP contribution is 2.29. The number of Topliss-reactive ketones (excluding diaryl/α,β-unsaturated/α-hetero) is 1. The van der Waals surface area contributed by atoms with Gasteiger partial charge in [0.25, 0.3) is 0 Å². The van der Waals surface area contributed by atoms with E-state index in [1.165, 1.54) is 25.8 Å². The highest BCUT2D eigenvalue weighted by Gasteiger charge is 2.19. The summed E-state index contributed by atoms with van der Waals surface area (Å²) in [6.45, 7) is 15.8. The summed E-state index contributed by atoms with van der Waals surface area (Å²) in [7, 11) is 1.59. The summed E-state index contributed by atoms with van der Waals surface area (Å²) in [4.78, 5) is 11.9. The Kier molecular flexibility index (Phi) is 20.3. The van der Waals surface area contributed by atoms with Crippen LogP contribution in [-0.2, 0) is 4.79 Å². The van der Waals surface area contributed by atoms with E-state index < -0.39 is 6.10 Å². The Morgan fingerprint density at radius 3 is 1.79 bits per heavy atom. The van der Waals surface area contributed by atoms with E-state index in [4.69, 9.17) is 9.47 Å². The largest absolute Gasteiger partial charge is 0.508 e. The lowest BCUT2D eigenvalue weighted by molar-refractivity contribution is -0.123. The van der Waals surface area contributed by atoms with E-state index in [0.717, 1.165) is 16.9 Å². The average molecular weight is 457 g/mol. The first-order chi connectivity index (χ1) is 15.7. The molecule has 0 aliphatic heterocycles. The molecule has 0 bridgehead atoms. The van der Waals surface area contributed by atoms with Gasteiger partial charge in [-0.05, 0) is 63.6 Å². The van der Waals surface area contributed by atoms with Crippen LogP contribution in [0.2, 0.25) is 0 Å². The number of aromatic hydroxyl groups is 1. The molecule has 0 amide bonds. The Hall–Kier alpha value is -3.01. The van der Waals surface area contributed by atoms with Gasteiger partial charge in [0.1, 0.15) is 17.2 Å². The van der Waals surface area contributed by atoms with Crippen LogP contribution >= 0.6 is 0 Å². The van der Waals surface area contributed by atoms with Gasteiger partial charge in [-0.2, -0.15) is 0 Å². The number of allylic oxidation sites excluding steroid dienone is 4. The molecule has 0 fully saturated rings. The normalized spacial score (nSPS) is 10.7. The SMILES string of the molecule is C/C=C\C=C/C.CCC.CCC.COc1ccc(C(Oc2ccc(O)cc2C)C(C)=O)cc1. The van der Waals surface area contributed by atoms with E-state index in [2.05, 4.69) is 27.7 Å². The molecule has 0 aliphatic carbocycles. The molecule has 2 aromatic carbocycles. The molecule has 2 aromatic rings. The molecule has 0 heterocycles. The number of ketones is 1. The average Bonchev–Trinajstić information content (AvgIpc) is 2.78. The third-order valence-electron chi connectivity index (χ3n) is 3.69. The molecule has 33 heavy (non-hydrogen) atoms. The number of hydrogen-bond acceptors (Lipinski definition) is 4. The lowest BCUT2D eigenvalue weighted by atomic mass is 10.1. The number of carbonyl (C=O) groups is 1. The zero-order chi connectivity index (χ0) is 25.6. The molecule has 4 nitrogen and oxygen atoms in total. The van der Waals surface area contributed by atoms with Crippen molar-refractivity contribution in [2.75, 3.05) is 7.11 Å². The summed E-state index contributed by atoms with van der Waals surface area (Å²) in [6, 6.07) is 12.0. The summed E-state index contributed by atoms with van der Waals surface area (Å²) >= 11 is 0. The van der Waals surface area contributed by atoms with Crippen LogP contribution in [0.5, 0.6) is 17.2 Å². The molecule has 1 unspecified atom stereocenters. The van der Waals surface area contributed by atoms with Crippen molar-refractivity contribution in [2.24, 2.45) is 0 Å². The minimum atomic E-state index is -0.681. The molecule has 1 atom stereocenters. The quantitative estimate of drug-likeness (QED) is 0.443. The van der Waals surface area contributed by atoms with Crippen molar-refractivity contribution in [3.8, 4) is 17.2 Å². The van der Waals surface area contributed by atoms with Crippen LogP contribution in [0.4, 0.5) is 0 Å². The molecule has 4 heteroatoms. The van der Waals surface area contributed by atoms with Gasteiger partial charge in [0.05, 0.1) is 7.11 Å². The van der Waals surface area contributed by atoms with Crippen LogP contribution in [0.25, 0.3) is 0 Å². The molecule has 2 rings (SSSR count). The monoisotopic (exact) mass is 456 g/mol. The summed E-state index contributed by atoms with van der Waals surface area (Å²) < 4.78 is 10.9. The van der Waals surface area contributed by atoms with Crippen LogP contribution < -0.4 is 9.47 Å². The summed E-state index contributed by atoms with van der Waals surface area (Å²) in [5.41, 5.74) is 1.53. The van der Waals surface area contributed by atoms with Crippen LogP contribution in [0.15, 0.2) is 66.8 Å². The summed E-state index contributed by atoms with van der Waals surface area (Å²) in [5.74, 6) is 1.38. The Morgan fingerprint density at radius 1 is 0.939 bits per heavy atom. The lowest BCUT2D eigenvalue weighted by Gasteiger charge is -2.18. The summed E-state index contributed by atoms with van der Waals surface area (Å²) in [5, 5.41) is 9.42. The number of ether oxygens (including phenoxy) is 2. The number of phenols is 1. The fourth-order valence-corrected chi connectivity index (χ4v) is 2.28. The van der Waals surface area contributed by atoms with Gasteiger partial charge in [0, 0.05) is 5.56 Å². The van der Waals surface area contributed by atoms with Gasteiger partial charge >= 0.3 is 0 Å². The molecule has 1 N–H and O–H groups in total. The minimum Gasteiger partial charge on any atom is -0.508 e. The molecule has 0 aromatic heterocycles. The summed E-state index contributed by atoms with van der Waals surface area (Å²) in [6.07, 6.45) is 9.82. The van der Waals surface area contributed by atoms with Crippen LogP contribution in [-0.4, -0.2) is 18.0 Å². The molecule has 0 radical (unpaired) electrons. The second kappa shape index (κ2) is 20.9. The van der Waals surface area contributed by atoms with Crippen molar-refractivity contribution in [1.82, 2.24) is 0 Å². The number of benzene rings is 2. The van der Waals surface area contributed by atoms with Gasteiger partial charge < -0.3 is 14.6 Å². The number of aryl methyl sites for hydroxylation is 1. The van der Waals surface area contributed by atoms with Crippen molar-refractivity contribution < 1.29 is 19.4 Å². The number of rotatable bonds is 6. The lowest BCUT2D eigenvalue weighted by Crippen LogP contribution is -2.16. The van der Waals surface area contributed by atoms with E-state index in [9.17, 15) is 9.90 Å². The fraction of sp³-hybridized carbons (Fsp3) is 0.414. The molecule has 0 aliphatic rings. The van der Waals surface area contributed by atoms with Gasteiger partial charge in [0.15, 0.2) is 11.9 Å².